The molecule has 0 spiro atoms. The lowest BCUT2D eigenvalue weighted by Crippen LogP contribution is -2.43. The van der Waals surface area contributed by atoms with Gasteiger partial charge in [0.25, 0.3) is 0 Å². The van der Waals surface area contributed by atoms with Crippen molar-refractivity contribution in [1.82, 2.24) is 9.88 Å². The third-order valence-corrected chi connectivity index (χ3v) is 3.67. The molecular weight excluding hydrogens is 298 g/mol. The zero-order chi connectivity index (χ0) is 16.8. The van der Waals surface area contributed by atoms with Gasteiger partial charge in [-0.05, 0) is 39.3 Å². The summed E-state index contributed by atoms with van der Waals surface area (Å²) in [5.74, 6) is -1.39. The van der Waals surface area contributed by atoms with E-state index in [1.807, 2.05) is 26.8 Å². The number of nitrogens with one attached hydrogen (secondary N) is 2. The second-order valence-corrected chi connectivity index (χ2v) is 6.73. The summed E-state index contributed by atoms with van der Waals surface area (Å²) >= 11 is 0. The maximum absolute atomic E-state index is 12.3. The van der Waals surface area contributed by atoms with Crippen LogP contribution in [0.25, 0.3) is 11.1 Å². The molecule has 2 aromatic rings. The van der Waals surface area contributed by atoms with Gasteiger partial charge in [-0.3, -0.25) is 19.5 Å². The maximum Gasteiger partial charge on any atom is 0.420 e. The van der Waals surface area contributed by atoms with Crippen LogP contribution >= 0.6 is 0 Å². The number of oxazole rings is 1. The lowest BCUT2D eigenvalue weighted by atomic mass is 10.1. The fourth-order valence-electron chi connectivity index (χ4n) is 2.78. The molecule has 1 unspecified atom stereocenters. The van der Waals surface area contributed by atoms with E-state index in [4.69, 9.17) is 4.42 Å². The Kier molecular flexibility index (Phi) is 3.50. The lowest BCUT2D eigenvalue weighted by molar-refractivity contribution is -0.135. The molecule has 1 aromatic carbocycles. The molecule has 2 heterocycles. The Bertz CT molecular complexity index is 841. The van der Waals surface area contributed by atoms with E-state index in [1.54, 1.807) is 12.1 Å². The standard InChI is InChI=1S/C16H19N3O4/c1-16(2,3)18-9-5-4-6-10-13(9)23-15(22)19(10)11-7-8-12(20)17-14(11)21/h4-6,11,18H,7-8H2,1-3H3,(H,17,20,21). The zero-order valence-corrected chi connectivity index (χ0v) is 13.3. The minimum absolute atomic E-state index is 0.204. The van der Waals surface area contributed by atoms with Crippen molar-refractivity contribution in [2.45, 2.75) is 45.2 Å². The van der Waals surface area contributed by atoms with Crippen molar-refractivity contribution >= 4 is 28.6 Å². The van der Waals surface area contributed by atoms with Crippen LogP contribution in [0.1, 0.15) is 39.7 Å². The summed E-state index contributed by atoms with van der Waals surface area (Å²) in [5, 5.41) is 5.55. The maximum atomic E-state index is 12.3. The number of para-hydroxylation sites is 1. The van der Waals surface area contributed by atoms with E-state index in [-0.39, 0.29) is 24.3 Å². The van der Waals surface area contributed by atoms with E-state index in [0.29, 0.717) is 16.8 Å². The third-order valence-electron chi connectivity index (χ3n) is 3.67. The molecule has 1 aliphatic heterocycles. The Hall–Kier alpha value is -2.57. The minimum atomic E-state index is -0.730. The summed E-state index contributed by atoms with van der Waals surface area (Å²) in [6, 6.07) is 4.63. The first-order valence-corrected chi connectivity index (χ1v) is 7.52. The van der Waals surface area contributed by atoms with Crippen LogP contribution in [0.4, 0.5) is 5.69 Å². The van der Waals surface area contributed by atoms with E-state index < -0.39 is 17.7 Å². The van der Waals surface area contributed by atoms with Crippen molar-refractivity contribution in [3.8, 4) is 0 Å². The monoisotopic (exact) mass is 317 g/mol. The smallest absolute Gasteiger partial charge is 0.405 e. The van der Waals surface area contributed by atoms with Gasteiger partial charge in [0.05, 0.1) is 11.2 Å². The molecule has 3 rings (SSSR count). The number of carbonyl (C=O) groups excluding carboxylic acids is 2. The van der Waals surface area contributed by atoms with Crippen molar-refractivity contribution < 1.29 is 14.0 Å². The quantitative estimate of drug-likeness (QED) is 0.824. The Morgan fingerprint density at radius 2 is 2.00 bits per heavy atom. The van der Waals surface area contributed by atoms with Crippen LogP contribution in [0.2, 0.25) is 0 Å². The molecule has 1 saturated heterocycles. The number of nitrogens with zero attached hydrogens (tertiary/aromatic N) is 1. The van der Waals surface area contributed by atoms with Crippen molar-refractivity contribution in [3.63, 3.8) is 0 Å². The van der Waals surface area contributed by atoms with E-state index in [2.05, 4.69) is 10.6 Å². The summed E-state index contributed by atoms with van der Waals surface area (Å²) in [6.07, 6.45) is 0.492. The fourth-order valence-corrected chi connectivity index (χ4v) is 2.78. The Morgan fingerprint density at radius 1 is 1.26 bits per heavy atom. The van der Waals surface area contributed by atoms with Crippen LogP contribution in [0.3, 0.4) is 0 Å². The first kappa shape index (κ1) is 15.3. The van der Waals surface area contributed by atoms with Crippen molar-refractivity contribution in [2.75, 3.05) is 5.32 Å². The molecular formula is C16H19N3O4. The van der Waals surface area contributed by atoms with Gasteiger partial charge in [0.1, 0.15) is 6.04 Å². The van der Waals surface area contributed by atoms with E-state index in [0.717, 1.165) is 0 Å². The van der Waals surface area contributed by atoms with Crippen molar-refractivity contribution in [3.05, 3.63) is 28.7 Å². The first-order valence-electron chi connectivity index (χ1n) is 7.52. The highest BCUT2D eigenvalue weighted by molar-refractivity contribution is 6.00. The van der Waals surface area contributed by atoms with Crippen LogP contribution in [-0.4, -0.2) is 21.9 Å². The molecule has 2 amide bonds. The number of aromatic nitrogens is 1. The minimum Gasteiger partial charge on any atom is -0.405 e. The van der Waals surface area contributed by atoms with E-state index in [9.17, 15) is 14.4 Å². The predicted octanol–water partition coefficient (Wildman–Crippen LogP) is 1.78. The predicted molar refractivity (Wildman–Crippen MR) is 85.3 cm³/mol. The van der Waals surface area contributed by atoms with E-state index >= 15 is 0 Å². The number of rotatable bonds is 2. The number of hydrogen-bond acceptors (Lipinski definition) is 5. The summed E-state index contributed by atoms with van der Waals surface area (Å²) in [4.78, 5) is 35.6. The molecule has 1 aromatic heterocycles. The summed E-state index contributed by atoms with van der Waals surface area (Å²) in [6.45, 7) is 6.00. The van der Waals surface area contributed by atoms with Crippen LogP contribution in [0, 0.1) is 0 Å². The molecule has 1 aliphatic rings. The van der Waals surface area contributed by atoms with Crippen LogP contribution in [0.15, 0.2) is 27.4 Å². The number of imide groups is 1. The van der Waals surface area contributed by atoms with Crippen LogP contribution in [-0.2, 0) is 9.59 Å². The molecule has 2 N–H and O–H groups in total. The fraction of sp³-hybridized carbons (Fsp3) is 0.438. The molecule has 7 nitrogen and oxygen atoms in total. The van der Waals surface area contributed by atoms with Gasteiger partial charge < -0.3 is 9.73 Å². The number of anilines is 1. The molecule has 0 radical (unpaired) electrons. The number of benzene rings is 1. The van der Waals surface area contributed by atoms with Gasteiger partial charge in [-0.15, -0.1) is 0 Å². The molecule has 122 valence electrons. The topological polar surface area (TPSA) is 93.3 Å². The largest absolute Gasteiger partial charge is 0.420 e. The molecule has 23 heavy (non-hydrogen) atoms. The van der Waals surface area contributed by atoms with Gasteiger partial charge in [-0.1, -0.05) is 6.07 Å². The summed E-state index contributed by atoms with van der Waals surface area (Å²) in [7, 11) is 0. The SMILES string of the molecule is CC(C)(C)Nc1cccc2c1oc(=O)n2C1CCC(=O)NC1=O. The van der Waals surface area contributed by atoms with Crippen molar-refractivity contribution in [2.24, 2.45) is 0 Å². The van der Waals surface area contributed by atoms with Gasteiger partial charge in [0.2, 0.25) is 11.8 Å². The molecule has 1 fully saturated rings. The number of hydrogen-bond donors (Lipinski definition) is 2. The molecule has 1 atom stereocenters. The lowest BCUT2D eigenvalue weighted by Gasteiger charge is -2.23. The van der Waals surface area contributed by atoms with Gasteiger partial charge in [0, 0.05) is 12.0 Å². The normalized spacial score (nSPS) is 19.0. The molecule has 7 heteroatoms. The van der Waals surface area contributed by atoms with Crippen molar-refractivity contribution in [1.29, 1.82) is 0 Å². The number of amides is 2. The van der Waals surface area contributed by atoms with Gasteiger partial charge in [0.15, 0.2) is 5.58 Å². The number of fused-ring (bicyclic) bond motifs is 1. The van der Waals surface area contributed by atoms with Gasteiger partial charge in [-0.25, -0.2) is 4.79 Å². The van der Waals surface area contributed by atoms with E-state index in [1.165, 1.54) is 4.57 Å². The van der Waals surface area contributed by atoms with Gasteiger partial charge >= 0.3 is 5.76 Å². The third kappa shape index (κ3) is 2.86. The zero-order valence-electron chi connectivity index (χ0n) is 13.3. The average Bonchev–Trinajstić information content (AvgIpc) is 2.75. The number of piperidine rings is 1. The highest BCUT2D eigenvalue weighted by atomic mass is 16.4. The molecule has 0 bridgehead atoms. The number of carbonyl (C=O) groups is 2. The molecule has 0 saturated carbocycles. The average molecular weight is 317 g/mol. The second kappa shape index (κ2) is 5.26. The summed E-state index contributed by atoms with van der Waals surface area (Å²) < 4.78 is 6.71. The van der Waals surface area contributed by atoms with Crippen LogP contribution < -0.4 is 16.4 Å². The Morgan fingerprint density at radius 3 is 2.65 bits per heavy atom. The van der Waals surface area contributed by atoms with Gasteiger partial charge in [-0.2, -0.15) is 0 Å². The summed E-state index contributed by atoms with van der Waals surface area (Å²) in [5.41, 5.74) is 1.44. The van der Waals surface area contributed by atoms with Crippen LogP contribution in [0.5, 0.6) is 0 Å². The highest BCUT2D eigenvalue weighted by Crippen LogP contribution is 2.28. The Balaban J connectivity index is 2.11. The molecule has 0 aliphatic carbocycles. The second-order valence-electron chi connectivity index (χ2n) is 6.73. The Labute approximate surface area is 132 Å². The highest BCUT2D eigenvalue weighted by Gasteiger charge is 2.31. The first-order chi connectivity index (χ1) is 10.8.